The fraction of sp³-hybridized carbons (Fsp3) is 0.143. The molecule has 2 aromatic rings. The Morgan fingerprint density at radius 3 is 2.74 bits per heavy atom. The van der Waals surface area contributed by atoms with Gasteiger partial charge in [-0.3, -0.25) is 0 Å². The quantitative estimate of drug-likeness (QED) is 0.646. The highest BCUT2D eigenvalue weighted by molar-refractivity contribution is 9.10. The van der Waals surface area contributed by atoms with E-state index >= 15 is 0 Å². The molecule has 0 fully saturated rings. The van der Waals surface area contributed by atoms with Gasteiger partial charge in [-0.25, -0.2) is 4.39 Å². The lowest BCUT2D eigenvalue weighted by atomic mass is 10.2. The monoisotopic (exact) mass is 362 g/mol. The van der Waals surface area contributed by atoms with Gasteiger partial charge >= 0.3 is 0 Å². The second-order valence-corrected chi connectivity index (χ2v) is 5.46. The van der Waals surface area contributed by atoms with Crippen LogP contribution in [0.1, 0.15) is 11.1 Å². The molecule has 0 spiro atoms. The number of alkyl halides is 1. The van der Waals surface area contributed by atoms with Crippen molar-refractivity contribution in [2.45, 2.75) is 12.5 Å². The van der Waals surface area contributed by atoms with Gasteiger partial charge in [0.25, 0.3) is 0 Å². The van der Waals surface area contributed by atoms with E-state index in [-0.39, 0.29) is 18.3 Å². The Morgan fingerprint density at radius 2 is 2.00 bits per heavy atom. The van der Waals surface area contributed by atoms with Crippen LogP contribution >= 0.6 is 39.1 Å². The molecule has 0 atom stereocenters. The first-order chi connectivity index (χ1) is 9.11. The van der Waals surface area contributed by atoms with Crippen molar-refractivity contribution in [2.24, 2.45) is 0 Å². The summed E-state index contributed by atoms with van der Waals surface area (Å²) in [6.07, 6.45) is 0. The van der Waals surface area contributed by atoms with E-state index in [1.807, 2.05) is 0 Å². The van der Waals surface area contributed by atoms with Crippen LogP contribution in [0.25, 0.3) is 0 Å². The topological polar surface area (TPSA) is 9.23 Å². The van der Waals surface area contributed by atoms with E-state index in [9.17, 15) is 4.39 Å². The van der Waals surface area contributed by atoms with Crippen LogP contribution in [-0.4, -0.2) is 0 Å². The first-order valence-electron chi connectivity index (χ1n) is 5.52. The number of hydrogen-bond acceptors (Lipinski definition) is 1. The molecule has 100 valence electrons. The van der Waals surface area contributed by atoms with Gasteiger partial charge in [-0.15, -0.1) is 11.6 Å². The molecule has 0 aliphatic carbocycles. The van der Waals surface area contributed by atoms with E-state index < -0.39 is 0 Å². The molecule has 0 heterocycles. The maximum Gasteiger partial charge on any atom is 0.129 e. The third-order valence-corrected chi connectivity index (χ3v) is 3.72. The maximum atomic E-state index is 13.6. The van der Waals surface area contributed by atoms with Gasteiger partial charge in [-0.05, 0) is 30.3 Å². The number of halogens is 4. The maximum absolute atomic E-state index is 13.6. The number of rotatable bonds is 4. The number of ether oxygens (including phenoxy) is 1. The van der Waals surface area contributed by atoms with Crippen molar-refractivity contribution in [2.75, 3.05) is 0 Å². The molecule has 0 aliphatic heterocycles. The molecule has 0 N–H and O–H groups in total. The third kappa shape index (κ3) is 3.62. The first-order valence-corrected chi connectivity index (χ1v) is 7.22. The van der Waals surface area contributed by atoms with Gasteiger partial charge in [-0.2, -0.15) is 0 Å². The van der Waals surface area contributed by atoms with E-state index in [1.165, 1.54) is 6.07 Å². The minimum absolute atomic E-state index is 0.121. The van der Waals surface area contributed by atoms with Gasteiger partial charge in [0, 0.05) is 20.6 Å². The second kappa shape index (κ2) is 6.60. The number of benzene rings is 2. The predicted molar refractivity (Wildman–Crippen MR) is 79.4 cm³/mol. The van der Waals surface area contributed by atoms with Crippen LogP contribution in [0.5, 0.6) is 5.75 Å². The minimum Gasteiger partial charge on any atom is -0.488 e. The lowest BCUT2D eigenvalue weighted by Gasteiger charge is -2.12. The summed E-state index contributed by atoms with van der Waals surface area (Å²) in [7, 11) is 0. The molecule has 19 heavy (non-hydrogen) atoms. The molecular weight excluding hydrogens is 354 g/mol. The highest BCUT2D eigenvalue weighted by Crippen LogP contribution is 2.29. The summed E-state index contributed by atoms with van der Waals surface area (Å²) < 4.78 is 20.0. The fourth-order valence-corrected chi connectivity index (χ4v) is 2.60. The predicted octanol–water partition coefficient (Wildman–Crippen LogP) is 5.56. The molecule has 5 heteroatoms. The summed E-state index contributed by atoms with van der Waals surface area (Å²) in [5.41, 5.74) is 1.18. The summed E-state index contributed by atoms with van der Waals surface area (Å²) >= 11 is 15.1. The van der Waals surface area contributed by atoms with Crippen LogP contribution < -0.4 is 4.74 Å². The zero-order valence-electron chi connectivity index (χ0n) is 9.80. The number of hydrogen-bond donors (Lipinski definition) is 0. The first kappa shape index (κ1) is 14.6. The second-order valence-electron chi connectivity index (χ2n) is 3.87. The molecule has 0 saturated heterocycles. The zero-order chi connectivity index (χ0) is 13.8. The van der Waals surface area contributed by atoms with Crippen molar-refractivity contribution < 1.29 is 9.13 Å². The van der Waals surface area contributed by atoms with Crippen LogP contribution in [-0.2, 0) is 12.5 Å². The molecule has 0 aliphatic rings. The molecule has 0 amide bonds. The summed E-state index contributed by atoms with van der Waals surface area (Å²) in [5, 5.41) is 0.544. The third-order valence-electron chi connectivity index (χ3n) is 2.60. The lowest BCUT2D eigenvalue weighted by Crippen LogP contribution is -2.00. The van der Waals surface area contributed by atoms with Crippen LogP contribution in [0.2, 0.25) is 5.02 Å². The average Bonchev–Trinajstić information content (AvgIpc) is 2.40. The van der Waals surface area contributed by atoms with E-state index in [0.29, 0.717) is 21.9 Å². The Balaban J connectivity index is 2.19. The average molecular weight is 364 g/mol. The molecule has 2 aromatic carbocycles. The Labute approximate surface area is 129 Å². The summed E-state index contributed by atoms with van der Waals surface area (Å²) in [4.78, 5) is 0. The molecule has 1 nitrogen and oxygen atoms in total. The minimum atomic E-state index is -0.308. The fourth-order valence-electron chi connectivity index (χ4n) is 1.61. The smallest absolute Gasteiger partial charge is 0.129 e. The van der Waals surface area contributed by atoms with Crippen LogP contribution in [0.15, 0.2) is 40.9 Å². The van der Waals surface area contributed by atoms with Crippen LogP contribution in [0.4, 0.5) is 4.39 Å². The van der Waals surface area contributed by atoms with Gasteiger partial charge in [0.2, 0.25) is 0 Å². The van der Waals surface area contributed by atoms with Crippen molar-refractivity contribution in [3.63, 3.8) is 0 Å². The van der Waals surface area contributed by atoms with Crippen molar-refractivity contribution in [3.05, 3.63) is 62.8 Å². The van der Waals surface area contributed by atoms with Crippen LogP contribution in [0, 0.1) is 5.82 Å². The van der Waals surface area contributed by atoms with Gasteiger partial charge in [-0.1, -0.05) is 33.6 Å². The summed E-state index contributed by atoms with van der Waals surface area (Å²) in [6, 6.07) is 9.99. The van der Waals surface area contributed by atoms with E-state index in [2.05, 4.69) is 15.9 Å². The Bertz CT molecular complexity index is 590. The summed E-state index contributed by atoms with van der Waals surface area (Å²) in [6.45, 7) is 0.121. The molecule has 2 rings (SSSR count). The Morgan fingerprint density at radius 1 is 1.21 bits per heavy atom. The Hall–Kier alpha value is -0.770. The molecule has 0 bridgehead atoms. The molecule has 0 unspecified atom stereocenters. The van der Waals surface area contributed by atoms with Gasteiger partial charge in [0.1, 0.15) is 18.2 Å². The van der Waals surface area contributed by atoms with Crippen molar-refractivity contribution in [1.29, 1.82) is 0 Å². The molecule has 0 radical (unpaired) electrons. The SMILES string of the molecule is Fc1ccc(Br)cc1COc1cccc(Cl)c1CCl. The van der Waals surface area contributed by atoms with Crippen molar-refractivity contribution >= 4 is 39.1 Å². The lowest BCUT2D eigenvalue weighted by molar-refractivity contribution is 0.297. The van der Waals surface area contributed by atoms with Crippen molar-refractivity contribution in [3.8, 4) is 5.75 Å². The Kier molecular flexibility index (Phi) is 5.08. The van der Waals surface area contributed by atoms with E-state index in [1.54, 1.807) is 30.3 Å². The molecule has 0 saturated carbocycles. The largest absolute Gasteiger partial charge is 0.488 e. The molecule has 0 aromatic heterocycles. The summed E-state index contributed by atoms with van der Waals surface area (Å²) in [5.74, 6) is 0.509. The normalized spacial score (nSPS) is 10.5. The van der Waals surface area contributed by atoms with Gasteiger partial charge in [0.15, 0.2) is 0 Å². The molecular formula is C14H10BrCl2FO. The van der Waals surface area contributed by atoms with E-state index in [4.69, 9.17) is 27.9 Å². The van der Waals surface area contributed by atoms with E-state index in [0.717, 1.165) is 4.47 Å². The van der Waals surface area contributed by atoms with Crippen LogP contribution in [0.3, 0.4) is 0 Å². The standard InChI is InChI=1S/C14H10BrCl2FO/c15-10-4-5-13(18)9(6-10)8-19-14-3-1-2-12(17)11(14)7-16/h1-6H,7-8H2. The zero-order valence-corrected chi connectivity index (χ0v) is 12.9. The highest BCUT2D eigenvalue weighted by atomic mass is 79.9. The highest BCUT2D eigenvalue weighted by Gasteiger charge is 2.09. The van der Waals surface area contributed by atoms with Gasteiger partial charge in [0.05, 0.1) is 5.88 Å². The van der Waals surface area contributed by atoms with Gasteiger partial charge < -0.3 is 4.74 Å². The van der Waals surface area contributed by atoms with Crippen molar-refractivity contribution in [1.82, 2.24) is 0 Å².